The third kappa shape index (κ3) is 4.04. The van der Waals surface area contributed by atoms with Crippen LogP contribution in [0.1, 0.15) is 65.2 Å². The molecule has 146 valence electrons. The largest absolute Gasteiger partial charge is 0.466 e. The number of amides is 1. The van der Waals surface area contributed by atoms with Gasteiger partial charge in [-0.3, -0.25) is 9.59 Å². The summed E-state index contributed by atoms with van der Waals surface area (Å²) in [7, 11) is 0. The van der Waals surface area contributed by atoms with E-state index in [4.69, 9.17) is 9.47 Å². The average Bonchev–Trinajstić information content (AvgIpc) is 2.57. The molecule has 1 unspecified atom stereocenters. The number of hydrogen-bond acceptors (Lipinski definition) is 5. The number of ether oxygens (including phenoxy) is 2. The van der Waals surface area contributed by atoms with Crippen molar-refractivity contribution in [1.82, 2.24) is 5.32 Å². The van der Waals surface area contributed by atoms with E-state index in [-0.39, 0.29) is 36.7 Å². The first-order valence-electron chi connectivity index (χ1n) is 10.1. The van der Waals surface area contributed by atoms with E-state index in [0.717, 1.165) is 19.3 Å². The Hall–Kier alpha value is -1.59. The number of rotatable bonds is 8. The lowest BCUT2D eigenvalue weighted by atomic mass is 9.49. The zero-order valence-electron chi connectivity index (χ0n) is 15.9. The van der Waals surface area contributed by atoms with Gasteiger partial charge in [-0.15, -0.1) is 0 Å². The van der Waals surface area contributed by atoms with Crippen LogP contribution in [0.15, 0.2) is 0 Å². The molecule has 0 aromatic heterocycles. The number of nitrogens with one attached hydrogen (secondary N) is 1. The van der Waals surface area contributed by atoms with Gasteiger partial charge in [0.2, 0.25) is 5.91 Å². The molecule has 4 aliphatic carbocycles. The first-order chi connectivity index (χ1) is 12.5. The van der Waals surface area contributed by atoms with Crippen LogP contribution in [0.2, 0.25) is 0 Å². The summed E-state index contributed by atoms with van der Waals surface area (Å²) in [5.74, 6) is 1.15. The Balaban J connectivity index is 1.64. The molecule has 4 fully saturated rings. The Morgan fingerprint density at radius 2 is 1.50 bits per heavy atom. The van der Waals surface area contributed by atoms with E-state index in [1.807, 2.05) is 0 Å². The van der Waals surface area contributed by atoms with Gasteiger partial charge in [0.05, 0.1) is 13.2 Å². The molecule has 0 heterocycles. The maximum atomic E-state index is 13.2. The fourth-order valence-corrected chi connectivity index (χ4v) is 5.69. The zero-order chi connectivity index (χ0) is 18.7. The lowest BCUT2D eigenvalue weighted by molar-refractivity contribution is -0.154. The molecular weight excluding hydrogens is 334 g/mol. The first kappa shape index (κ1) is 19.2. The molecule has 4 aliphatic rings. The molecule has 4 bridgehead atoms. The summed E-state index contributed by atoms with van der Waals surface area (Å²) >= 11 is 0. The highest BCUT2D eigenvalue weighted by molar-refractivity contribution is 5.88. The second-order valence-corrected chi connectivity index (χ2v) is 8.32. The standard InChI is InChI=1S/C20H31NO5/c1-3-25-17(22)6-5-16(18(23)26-4-2)21-19(24)20-10-13-7-14(11-20)9-15(8-13)12-20/h13-16H,3-12H2,1-2H3,(H,21,24). The van der Waals surface area contributed by atoms with E-state index in [1.165, 1.54) is 19.3 Å². The fourth-order valence-electron chi connectivity index (χ4n) is 5.69. The molecule has 1 atom stereocenters. The average molecular weight is 365 g/mol. The highest BCUT2D eigenvalue weighted by Crippen LogP contribution is 2.60. The molecular formula is C20H31NO5. The van der Waals surface area contributed by atoms with Crippen molar-refractivity contribution in [2.45, 2.75) is 71.3 Å². The van der Waals surface area contributed by atoms with Crippen LogP contribution < -0.4 is 5.32 Å². The Bertz CT molecular complexity index is 523. The molecule has 0 aromatic rings. The highest BCUT2D eigenvalue weighted by Gasteiger charge is 2.55. The van der Waals surface area contributed by atoms with Gasteiger partial charge in [0.15, 0.2) is 0 Å². The maximum Gasteiger partial charge on any atom is 0.328 e. The molecule has 0 spiro atoms. The first-order valence-corrected chi connectivity index (χ1v) is 10.1. The van der Waals surface area contributed by atoms with E-state index in [1.54, 1.807) is 13.8 Å². The van der Waals surface area contributed by atoms with E-state index < -0.39 is 12.0 Å². The third-order valence-electron chi connectivity index (χ3n) is 6.34. The Morgan fingerprint density at radius 3 is 2.00 bits per heavy atom. The topological polar surface area (TPSA) is 81.7 Å². The van der Waals surface area contributed by atoms with Crippen molar-refractivity contribution in [3.8, 4) is 0 Å². The van der Waals surface area contributed by atoms with Gasteiger partial charge < -0.3 is 14.8 Å². The van der Waals surface area contributed by atoms with Crippen molar-refractivity contribution in [2.75, 3.05) is 13.2 Å². The van der Waals surface area contributed by atoms with Crippen molar-refractivity contribution < 1.29 is 23.9 Å². The maximum absolute atomic E-state index is 13.2. The molecule has 0 aliphatic heterocycles. The molecule has 0 aromatic carbocycles. The molecule has 1 amide bonds. The van der Waals surface area contributed by atoms with Crippen LogP contribution in [0.3, 0.4) is 0 Å². The van der Waals surface area contributed by atoms with Crippen molar-refractivity contribution in [1.29, 1.82) is 0 Å². The molecule has 6 nitrogen and oxygen atoms in total. The third-order valence-corrected chi connectivity index (χ3v) is 6.34. The summed E-state index contributed by atoms with van der Waals surface area (Å²) in [6.07, 6.45) is 6.92. The summed E-state index contributed by atoms with van der Waals surface area (Å²) in [5, 5.41) is 2.93. The fraction of sp³-hybridized carbons (Fsp3) is 0.850. The number of carbonyl (C=O) groups excluding carboxylic acids is 3. The monoisotopic (exact) mass is 365 g/mol. The molecule has 6 heteroatoms. The molecule has 0 saturated heterocycles. The Morgan fingerprint density at radius 1 is 0.962 bits per heavy atom. The zero-order valence-corrected chi connectivity index (χ0v) is 15.9. The Labute approximate surface area is 155 Å². The van der Waals surface area contributed by atoms with Crippen LogP contribution in [0.4, 0.5) is 0 Å². The number of hydrogen-bond donors (Lipinski definition) is 1. The van der Waals surface area contributed by atoms with Crippen LogP contribution >= 0.6 is 0 Å². The lowest BCUT2D eigenvalue weighted by Crippen LogP contribution is -2.56. The van der Waals surface area contributed by atoms with Gasteiger partial charge in [-0.25, -0.2) is 4.79 Å². The summed E-state index contributed by atoms with van der Waals surface area (Å²) in [5.41, 5.74) is -0.316. The molecule has 0 radical (unpaired) electrons. The van der Waals surface area contributed by atoms with Crippen LogP contribution in [-0.2, 0) is 23.9 Å². The minimum atomic E-state index is -0.778. The summed E-state index contributed by atoms with van der Waals surface area (Å²) in [4.78, 5) is 37.1. The normalized spacial score (nSPS) is 32.8. The van der Waals surface area contributed by atoms with Gasteiger partial charge in [0, 0.05) is 11.8 Å². The summed E-state index contributed by atoms with van der Waals surface area (Å²) in [6.45, 7) is 4.04. The minimum Gasteiger partial charge on any atom is -0.466 e. The van der Waals surface area contributed by atoms with Gasteiger partial charge in [-0.1, -0.05) is 0 Å². The molecule has 4 saturated carbocycles. The van der Waals surface area contributed by atoms with Gasteiger partial charge in [-0.05, 0) is 76.5 Å². The van der Waals surface area contributed by atoms with Crippen molar-refractivity contribution in [3.63, 3.8) is 0 Å². The lowest BCUT2D eigenvalue weighted by Gasteiger charge is -2.55. The van der Waals surface area contributed by atoms with Crippen LogP contribution in [0, 0.1) is 23.2 Å². The molecule has 1 N–H and O–H groups in total. The highest BCUT2D eigenvalue weighted by atomic mass is 16.5. The van der Waals surface area contributed by atoms with Crippen LogP contribution in [0.5, 0.6) is 0 Å². The number of esters is 2. The minimum absolute atomic E-state index is 0.0153. The Kier molecular flexibility index (Phi) is 5.88. The van der Waals surface area contributed by atoms with Gasteiger partial charge in [-0.2, -0.15) is 0 Å². The van der Waals surface area contributed by atoms with Crippen molar-refractivity contribution >= 4 is 17.8 Å². The van der Waals surface area contributed by atoms with Crippen LogP contribution in [0.25, 0.3) is 0 Å². The SMILES string of the molecule is CCOC(=O)CCC(NC(=O)C12CC3CC(CC(C3)C1)C2)C(=O)OCC. The summed E-state index contributed by atoms with van der Waals surface area (Å²) in [6, 6.07) is -0.778. The van der Waals surface area contributed by atoms with Gasteiger partial charge in [0.1, 0.15) is 6.04 Å². The quantitative estimate of drug-likeness (QED) is 0.669. The van der Waals surface area contributed by atoms with E-state index >= 15 is 0 Å². The molecule has 26 heavy (non-hydrogen) atoms. The predicted octanol–water partition coefficient (Wildman–Crippen LogP) is 2.59. The second kappa shape index (κ2) is 7.97. The second-order valence-electron chi connectivity index (χ2n) is 8.32. The molecule has 4 rings (SSSR count). The van der Waals surface area contributed by atoms with Crippen molar-refractivity contribution in [3.05, 3.63) is 0 Å². The predicted molar refractivity (Wildman–Crippen MR) is 95.0 cm³/mol. The van der Waals surface area contributed by atoms with E-state index in [9.17, 15) is 14.4 Å². The van der Waals surface area contributed by atoms with E-state index in [2.05, 4.69) is 5.32 Å². The van der Waals surface area contributed by atoms with E-state index in [0.29, 0.717) is 24.4 Å². The smallest absolute Gasteiger partial charge is 0.328 e. The van der Waals surface area contributed by atoms with Crippen LogP contribution in [-0.4, -0.2) is 37.1 Å². The number of carbonyl (C=O) groups is 3. The van der Waals surface area contributed by atoms with Gasteiger partial charge in [0.25, 0.3) is 0 Å². The van der Waals surface area contributed by atoms with Gasteiger partial charge >= 0.3 is 11.9 Å². The van der Waals surface area contributed by atoms with Crippen molar-refractivity contribution in [2.24, 2.45) is 23.2 Å². The summed E-state index contributed by atoms with van der Waals surface area (Å²) < 4.78 is 10.0.